The normalized spacial score (nSPS) is 11.5. The first-order chi connectivity index (χ1) is 5.88. The Morgan fingerprint density at radius 1 is 1.23 bits per heavy atom. The number of thiol groups is 1. The van der Waals surface area contributed by atoms with Crippen LogP contribution in [-0.2, 0) is 0 Å². The molecule has 0 atom stereocenters. The molecular weight excluding hydrogens is 208 g/mol. The second kappa shape index (κ2) is 3.45. The largest absolute Gasteiger partial charge is 0.573 e. The zero-order chi connectivity index (χ0) is 10.1. The van der Waals surface area contributed by atoms with Gasteiger partial charge < -0.3 is 4.74 Å². The monoisotopic (exact) mass is 212 g/mol. The Bertz CT molecular complexity index is 310. The molecule has 0 unspecified atom stereocenters. The molecule has 0 radical (unpaired) electrons. The molecule has 13 heavy (non-hydrogen) atoms. The molecular formula is C7H4F4OS. The number of ether oxygens (including phenoxy) is 1. The minimum atomic E-state index is -4.83. The smallest absolute Gasteiger partial charge is 0.404 e. The first kappa shape index (κ1) is 10.2. The Kier molecular flexibility index (Phi) is 2.70. The van der Waals surface area contributed by atoms with Crippen LogP contribution in [0, 0.1) is 5.82 Å². The molecule has 1 nitrogen and oxygen atoms in total. The summed E-state index contributed by atoms with van der Waals surface area (Å²) in [6.45, 7) is 0. The predicted octanol–water partition coefficient (Wildman–Crippen LogP) is 3.01. The van der Waals surface area contributed by atoms with E-state index in [-0.39, 0.29) is 4.90 Å². The Labute approximate surface area is 76.7 Å². The lowest BCUT2D eigenvalue weighted by molar-refractivity contribution is -0.275. The number of rotatable bonds is 1. The van der Waals surface area contributed by atoms with Gasteiger partial charge in [-0.05, 0) is 12.1 Å². The van der Waals surface area contributed by atoms with Crippen LogP contribution < -0.4 is 4.74 Å². The van der Waals surface area contributed by atoms with Crippen LogP contribution in [0.5, 0.6) is 5.75 Å². The van der Waals surface area contributed by atoms with Crippen LogP contribution in [0.3, 0.4) is 0 Å². The lowest BCUT2D eigenvalue weighted by atomic mass is 10.3. The SMILES string of the molecule is Fc1ccc(S)c(OC(F)(F)F)c1. The molecule has 0 aliphatic rings. The molecule has 0 fully saturated rings. The summed E-state index contributed by atoms with van der Waals surface area (Å²) in [5.74, 6) is -1.45. The highest BCUT2D eigenvalue weighted by Crippen LogP contribution is 2.29. The van der Waals surface area contributed by atoms with Gasteiger partial charge in [-0.25, -0.2) is 4.39 Å². The van der Waals surface area contributed by atoms with Crippen LogP contribution in [-0.4, -0.2) is 6.36 Å². The summed E-state index contributed by atoms with van der Waals surface area (Å²) < 4.78 is 51.0. The van der Waals surface area contributed by atoms with Gasteiger partial charge in [0.05, 0.1) is 0 Å². The quantitative estimate of drug-likeness (QED) is 0.556. The molecule has 0 spiro atoms. The van der Waals surface area contributed by atoms with Gasteiger partial charge in [0.1, 0.15) is 11.6 Å². The molecule has 6 heteroatoms. The predicted molar refractivity (Wildman–Crippen MR) is 40.3 cm³/mol. The fraction of sp³-hybridized carbons (Fsp3) is 0.143. The van der Waals surface area contributed by atoms with Crippen LogP contribution in [0.15, 0.2) is 23.1 Å². The summed E-state index contributed by atoms with van der Waals surface area (Å²) in [6, 6.07) is 2.70. The summed E-state index contributed by atoms with van der Waals surface area (Å²) >= 11 is 3.67. The van der Waals surface area contributed by atoms with Gasteiger partial charge >= 0.3 is 6.36 Å². The van der Waals surface area contributed by atoms with E-state index in [4.69, 9.17) is 0 Å². The molecule has 1 rings (SSSR count). The van der Waals surface area contributed by atoms with Crippen LogP contribution in [0.25, 0.3) is 0 Å². The molecule has 0 aliphatic heterocycles. The van der Waals surface area contributed by atoms with Crippen molar-refractivity contribution in [1.29, 1.82) is 0 Å². The maximum atomic E-state index is 12.4. The van der Waals surface area contributed by atoms with Crippen LogP contribution in [0.2, 0.25) is 0 Å². The highest BCUT2D eigenvalue weighted by atomic mass is 32.1. The molecule has 0 amide bonds. The maximum absolute atomic E-state index is 12.4. The second-order valence-electron chi connectivity index (χ2n) is 2.16. The van der Waals surface area contributed by atoms with Crippen molar-refractivity contribution in [2.75, 3.05) is 0 Å². The zero-order valence-corrected chi connectivity index (χ0v) is 6.99. The minimum Gasteiger partial charge on any atom is -0.404 e. The summed E-state index contributed by atoms with van der Waals surface area (Å²) in [5.41, 5.74) is 0. The van der Waals surface area contributed by atoms with E-state index in [9.17, 15) is 17.6 Å². The molecule has 0 aliphatic carbocycles. The molecule has 0 saturated heterocycles. The molecule has 0 aromatic heterocycles. The van der Waals surface area contributed by atoms with E-state index >= 15 is 0 Å². The first-order valence-electron chi connectivity index (χ1n) is 3.13. The van der Waals surface area contributed by atoms with Gasteiger partial charge in [-0.1, -0.05) is 0 Å². The van der Waals surface area contributed by atoms with Gasteiger partial charge in [-0.15, -0.1) is 25.8 Å². The number of alkyl halides is 3. The van der Waals surface area contributed by atoms with E-state index in [0.29, 0.717) is 6.07 Å². The molecule has 72 valence electrons. The van der Waals surface area contributed by atoms with Crippen molar-refractivity contribution in [2.45, 2.75) is 11.3 Å². The third-order valence-corrected chi connectivity index (χ3v) is 1.52. The van der Waals surface area contributed by atoms with Crippen molar-refractivity contribution < 1.29 is 22.3 Å². The van der Waals surface area contributed by atoms with Crippen molar-refractivity contribution in [1.82, 2.24) is 0 Å². The first-order valence-corrected chi connectivity index (χ1v) is 3.57. The average Bonchev–Trinajstić information content (AvgIpc) is 1.94. The number of benzene rings is 1. The van der Waals surface area contributed by atoms with Crippen LogP contribution in [0.1, 0.15) is 0 Å². The number of hydrogen-bond acceptors (Lipinski definition) is 2. The third-order valence-electron chi connectivity index (χ3n) is 1.15. The van der Waals surface area contributed by atoms with E-state index in [1.54, 1.807) is 0 Å². The lowest BCUT2D eigenvalue weighted by Crippen LogP contribution is -2.17. The van der Waals surface area contributed by atoms with Crippen molar-refractivity contribution in [3.05, 3.63) is 24.0 Å². The molecule has 0 N–H and O–H groups in total. The van der Waals surface area contributed by atoms with Gasteiger partial charge in [0.2, 0.25) is 0 Å². The molecule has 1 aromatic rings. The van der Waals surface area contributed by atoms with Crippen molar-refractivity contribution in [2.24, 2.45) is 0 Å². The maximum Gasteiger partial charge on any atom is 0.573 e. The Balaban J connectivity index is 2.94. The van der Waals surface area contributed by atoms with E-state index < -0.39 is 17.9 Å². The average molecular weight is 212 g/mol. The molecule has 0 heterocycles. The zero-order valence-electron chi connectivity index (χ0n) is 6.10. The van der Waals surface area contributed by atoms with Gasteiger partial charge in [-0.3, -0.25) is 0 Å². The number of halogens is 4. The Morgan fingerprint density at radius 2 is 1.85 bits per heavy atom. The van der Waals surface area contributed by atoms with E-state index in [0.717, 1.165) is 12.1 Å². The van der Waals surface area contributed by atoms with Crippen molar-refractivity contribution in [3.8, 4) is 5.75 Å². The standard InChI is InChI=1S/C7H4F4OS/c8-4-1-2-6(13)5(3-4)12-7(9,10)11/h1-3,13H. The summed E-state index contributed by atoms with van der Waals surface area (Å²) in [4.78, 5) is -0.0706. The Morgan fingerprint density at radius 3 is 2.38 bits per heavy atom. The third kappa shape index (κ3) is 3.14. The van der Waals surface area contributed by atoms with Crippen LogP contribution in [0.4, 0.5) is 17.6 Å². The topological polar surface area (TPSA) is 9.23 Å². The minimum absolute atomic E-state index is 0.0706. The highest BCUT2D eigenvalue weighted by Gasteiger charge is 2.31. The lowest BCUT2D eigenvalue weighted by Gasteiger charge is -2.10. The van der Waals surface area contributed by atoms with Gasteiger partial charge in [0.15, 0.2) is 0 Å². The van der Waals surface area contributed by atoms with E-state index in [1.165, 1.54) is 0 Å². The van der Waals surface area contributed by atoms with Crippen molar-refractivity contribution >= 4 is 12.6 Å². The van der Waals surface area contributed by atoms with E-state index in [1.807, 2.05) is 0 Å². The summed E-state index contributed by atoms with van der Waals surface area (Å²) in [5, 5.41) is 0. The van der Waals surface area contributed by atoms with Gasteiger partial charge in [0.25, 0.3) is 0 Å². The van der Waals surface area contributed by atoms with Gasteiger partial charge in [0, 0.05) is 11.0 Å². The number of hydrogen-bond donors (Lipinski definition) is 1. The van der Waals surface area contributed by atoms with E-state index in [2.05, 4.69) is 17.4 Å². The fourth-order valence-electron chi connectivity index (χ4n) is 0.694. The Hall–Kier alpha value is -0.910. The summed E-state index contributed by atoms with van der Waals surface area (Å²) in [6.07, 6.45) is -4.83. The highest BCUT2D eigenvalue weighted by molar-refractivity contribution is 7.80. The molecule has 1 aromatic carbocycles. The molecule has 0 saturated carbocycles. The molecule has 0 bridgehead atoms. The van der Waals surface area contributed by atoms with Gasteiger partial charge in [-0.2, -0.15) is 0 Å². The second-order valence-corrected chi connectivity index (χ2v) is 2.64. The van der Waals surface area contributed by atoms with Crippen LogP contribution >= 0.6 is 12.6 Å². The summed E-state index contributed by atoms with van der Waals surface area (Å²) in [7, 11) is 0. The van der Waals surface area contributed by atoms with Crippen molar-refractivity contribution in [3.63, 3.8) is 0 Å². The fourth-order valence-corrected chi connectivity index (χ4v) is 0.879.